The van der Waals surface area contributed by atoms with Crippen molar-refractivity contribution in [1.82, 2.24) is 8.61 Å². The molecule has 0 bridgehead atoms. The van der Waals surface area contributed by atoms with E-state index in [-0.39, 0.29) is 13.2 Å². The summed E-state index contributed by atoms with van der Waals surface area (Å²) in [7, 11) is -3.38. The van der Waals surface area contributed by atoms with Gasteiger partial charge in [-0.2, -0.15) is 17.0 Å². The molecule has 2 aliphatic heterocycles. The highest BCUT2D eigenvalue weighted by Crippen LogP contribution is 2.21. The summed E-state index contributed by atoms with van der Waals surface area (Å²) < 4.78 is 33.1. The molecule has 0 radical (unpaired) electrons. The first kappa shape index (κ1) is 14.2. The van der Waals surface area contributed by atoms with E-state index in [1.165, 1.54) is 4.31 Å². The third-order valence-corrected chi connectivity index (χ3v) is 5.70. The predicted molar refractivity (Wildman–Crippen MR) is 67.3 cm³/mol. The SMILES string of the molecule is CC1CCN(S(=O)(=O)N2CCOC(CO)C2)CC1. The van der Waals surface area contributed by atoms with E-state index < -0.39 is 16.3 Å². The van der Waals surface area contributed by atoms with Gasteiger partial charge in [0.2, 0.25) is 0 Å². The molecule has 106 valence electrons. The van der Waals surface area contributed by atoms with Gasteiger partial charge < -0.3 is 9.84 Å². The average Bonchev–Trinajstić information content (AvgIpc) is 2.39. The van der Waals surface area contributed by atoms with Gasteiger partial charge in [-0.15, -0.1) is 0 Å². The average molecular weight is 278 g/mol. The van der Waals surface area contributed by atoms with E-state index in [1.54, 1.807) is 4.31 Å². The normalized spacial score (nSPS) is 29.6. The Balaban J connectivity index is 2.01. The van der Waals surface area contributed by atoms with Gasteiger partial charge in [0.25, 0.3) is 10.2 Å². The van der Waals surface area contributed by atoms with Crippen LogP contribution in [-0.2, 0) is 14.9 Å². The number of aliphatic hydroxyl groups excluding tert-OH is 1. The van der Waals surface area contributed by atoms with Crippen molar-refractivity contribution in [2.24, 2.45) is 5.92 Å². The summed E-state index contributed by atoms with van der Waals surface area (Å²) in [5.74, 6) is 0.603. The van der Waals surface area contributed by atoms with Gasteiger partial charge in [0.05, 0.1) is 19.3 Å². The molecule has 2 rings (SSSR count). The molecule has 2 saturated heterocycles. The monoisotopic (exact) mass is 278 g/mol. The number of aliphatic hydroxyl groups is 1. The molecule has 6 nitrogen and oxygen atoms in total. The van der Waals surface area contributed by atoms with Gasteiger partial charge in [-0.25, -0.2) is 0 Å². The predicted octanol–water partition coefficient (Wildman–Crippen LogP) is -0.344. The summed E-state index contributed by atoms with van der Waals surface area (Å²) in [6, 6.07) is 0. The molecule has 0 aromatic carbocycles. The molecular weight excluding hydrogens is 256 g/mol. The van der Waals surface area contributed by atoms with Gasteiger partial charge in [0.15, 0.2) is 0 Å². The lowest BCUT2D eigenvalue weighted by Gasteiger charge is -2.37. The van der Waals surface area contributed by atoms with E-state index in [0.717, 1.165) is 12.8 Å². The second kappa shape index (κ2) is 5.83. The quantitative estimate of drug-likeness (QED) is 0.766. The molecular formula is C11H22N2O4S. The molecule has 7 heteroatoms. The Morgan fingerprint density at radius 3 is 2.50 bits per heavy atom. The summed E-state index contributed by atoms with van der Waals surface area (Å²) in [6.45, 7) is 4.21. The number of ether oxygens (including phenoxy) is 1. The van der Waals surface area contributed by atoms with Crippen molar-refractivity contribution in [2.75, 3.05) is 39.4 Å². The molecule has 0 saturated carbocycles. The Labute approximate surface area is 109 Å². The van der Waals surface area contributed by atoms with Crippen molar-refractivity contribution >= 4 is 10.2 Å². The second-order valence-corrected chi connectivity index (χ2v) is 7.05. The molecule has 0 aromatic rings. The fourth-order valence-electron chi connectivity index (χ4n) is 2.39. The first-order chi connectivity index (χ1) is 8.54. The summed E-state index contributed by atoms with van der Waals surface area (Å²) in [4.78, 5) is 0. The third kappa shape index (κ3) is 3.03. The molecule has 1 unspecified atom stereocenters. The van der Waals surface area contributed by atoms with Crippen LogP contribution >= 0.6 is 0 Å². The van der Waals surface area contributed by atoms with Gasteiger partial charge >= 0.3 is 0 Å². The van der Waals surface area contributed by atoms with Crippen LogP contribution in [0.15, 0.2) is 0 Å². The van der Waals surface area contributed by atoms with Crippen molar-refractivity contribution in [2.45, 2.75) is 25.9 Å². The maximum absolute atomic E-state index is 12.4. The summed E-state index contributed by atoms with van der Waals surface area (Å²) in [5.41, 5.74) is 0. The van der Waals surface area contributed by atoms with Crippen molar-refractivity contribution in [3.8, 4) is 0 Å². The first-order valence-corrected chi connectivity index (χ1v) is 7.91. The maximum Gasteiger partial charge on any atom is 0.282 e. The molecule has 2 aliphatic rings. The standard InChI is InChI=1S/C11H22N2O4S/c1-10-2-4-12(5-3-10)18(15,16)13-6-7-17-11(8-13)9-14/h10-11,14H,2-9H2,1H3. The minimum atomic E-state index is -3.38. The Kier molecular flexibility index (Phi) is 4.60. The highest BCUT2D eigenvalue weighted by molar-refractivity contribution is 7.86. The van der Waals surface area contributed by atoms with Crippen LogP contribution in [0.4, 0.5) is 0 Å². The lowest BCUT2D eigenvalue weighted by Crippen LogP contribution is -2.53. The third-order valence-electron chi connectivity index (χ3n) is 3.70. The van der Waals surface area contributed by atoms with Crippen LogP contribution in [0.1, 0.15) is 19.8 Å². The Morgan fingerprint density at radius 2 is 1.89 bits per heavy atom. The van der Waals surface area contributed by atoms with Crippen LogP contribution in [-0.4, -0.2) is 67.6 Å². The topological polar surface area (TPSA) is 70.1 Å². The van der Waals surface area contributed by atoms with Crippen LogP contribution in [0, 0.1) is 5.92 Å². The Bertz CT molecular complexity index is 365. The van der Waals surface area contributed by atoms with Gasteiger partial charge in [-0.1, -0.05) is 6.92 Å². The molecule has 2 fully saturated rings. The number of nitrogens with zero attached hydrogens (tertiary/aromatic N) is 2. The minimum absolute atomic E-state index is 0.136. The van der Waals surface area contributed by atoms with Gasteiger partial charge in [0.1, 0.15) is 0 Å². The lowest BCUT2D eigenvalue weighted by atomic mass is 10.0. The molecule has 18 heavy (non-hydrogen) atoms. The van der Waals surface area contributed by atoms with E-state index in [1.807, 2.05) is 0 Å². The molecule has 0 amide bonds. The molecule has 0 spiro atoms. The number of hydrogen-bond donors (Lipinski definition) is 1. The van der Waals surface area contributed by atoms with E-state index in [9.17, 15) is 8.42 Å². The molecule has 1 N–H and O–H groups in total. The number of hydrogen-bond acceptors (Lipinski definition) is 4. The largest absolute Gasteiger partial charge is 0.394 e. The second-order valence-electron chi connectivity index (χ2n) is 5.12. The van der Waals surface area contributed by atoms with Gasteiger partial charge in [0, 0.05) is 26.2 Å². The zero-order chi connectivity index (χ0) is 13.2. The van der Waals surface area contributed by atoms with Crippen molar-refractivity contribution in [3.63, 3.8) is 0 Å². The molecule has 0 aliphatic carbocycles. The Hall–Kier alpha value is -0.210. The van der Waals surface area contributed by atoms with Crippen LogP contribution < -0.4 is 0 Å². The molecule has 0 aromatic heterocycles. The minimum Gasteiger partial charge on any atom is -0.394 e. The van der Waals surface area contributed by atoms with Gasteiger partial charge in [-0.3, -0.25) is 0 Å². The van der Waals surface area contributed by atoms with E-state index >= 15 is 0 Å². The molecule has 2 heterocycles. The van der Waals surface area contributed by atoms with E-state index in [0.29, 0.717) is 32.2 Å². The summed E-state index contributed by atoms with van der Waals surface area (Å²) in [5, 5.41) is 9.06. The van der Waals surface area contributed by atoms with Crippen LogP contribution in [0.25, 0.3) is 0 Å². The van der Waals surface area contributed by atoms with Gasteiger partial charge in [-0.05, 0) is 18.8 Å². The number of piperidine rings is 1. The zero-order valence-electron chi connectivity index (χ0n) is 10.8. The van der Waals surface area contributed by atoms with Crippen LogP contribution in [0.2, 0.25) is 0 Å². The highest BCUT2D eigenvalue weighted by atomic mass is 32.2. The van der Waals surface area contributed by atoms with Crippen molar-refractivity contribution in [1.29, 1.82) is 0 Å². The van der Waals surface area contributed by atoms with E-state index in [2.05, 4.69) is 6.92 Å². The fraction of sp³-hybridized carbons (Fsp3) is 1.00. The lowest BCUT2D eigenvalue weighted by molar-refractivity contribution is -0.0319. The number of morpholine rings is 1. The highest BCUT2D eigenvalue weighted by Gasteiger charge is 2.35. The van der Waals surface area contributed by atoms with E-state index in [4.69, 9.17) is 9.84 Å². The summed E-state index contributed by atoms with van der Waals surface area (Å²) >= 11 is 0. The smallest absolute Gasteiger partial charge is 0.282 e. The van der Waals surface area contributed by atoms with Crippen molar-refractivity contribution in [3.05, 3.63) is 0 Å². The summed E-state index contributed by atoms with van der Waals surface area (Å²) in [6.07, 6.45) is 1.46. The van der Waals surface area contributed by atoms with Crippen molar-refractivity contribution < 1.29 is 18.3 Å². The van der Waals surface area contributed by atoms with Crippen LogP contribution in [0.3, 0.4) is 0 Å². The fourth-order valence-corrected chi connectivity index (χ4v) is 4.05. The van der Waals surface area contributed by atoms with Crippen LogP contribution in [0.5, 0.6) is 0 Å². The zero-order valence-corrected chi connectivity index (χ0v) is 11.6. The Morgan fingerprint density at radius 1 is 1.22 bits per heavy atom. The maximum atomic E-state index is 12.4. The first-order valence-electron chi connectivity index (χ1n) is 6.51. The molecule has 1 atom stereocenters. The number of rotatable bonds is 3.